The Balaban J connectivity index is 3.49. The minimum atomic E-state index is -0.734. The highest BCUT2D eigenvalue weighted by molar-refractivity contribution is 6.68. The van der Waals surface area contributed by atoms with Gasteiger partial charge in [-0.05, 0) is 30.7 Å². The molecule has 0 fully saturated rings. The summed E-state index contributed by atoms with van der Waals surface area (Å²) in [5, 5.41) is 9.84. The van der Waals surface area contributed by atoms with Crippen LogP contribution in [-0.4, -0.2) is 10.2 Å². The highest BCUT2D eigenvalue weighted by Crippen LogP contribution is 2.30. The van der Waals surface area contributed by atoms with E-state index in [0.717, 1.165) is 0 Å². The van der Waals surface area contributed by atoms with E-state index >= 15 is 0 Å². The summed E-state index contributed by atoms with van der Waals surface area (Å²) in [7, 11) is 0. The Morgan fingerprint density at radius 2 is 2.07 bits per heavy atom. The summed E-state index contributed by atoms with van der Waals surface area (Å²) in [6, 6.07) is 2.64. The van der Waals surface area contributed by atoms with Crippen LogP contribution in [0.1, 0.15) is 15.9 Å². The molecule has 14 heavy (non-hydrogen) atoms. The third kappa shape index (κ3) is 1.86. The zero-order valence-electron chi connectivity index (χ0n) is 7.08. The molecule has 0 bridgehead atoms. The SMILES string of the molecule is Cc1c(C(=O)Cl)ccc(Cl)c1[N+](=O)[O-]. The maximum atomic E-state index is 10.9. The number of hydrogen-bond acceptors (Lipinski definition) is 3. The van der Waals surface area contributed by atoms with Gasteiger partial charge in [-0.3, -0.25) is 14.9 Å². The van der Waals surface area contributed by atoms with Crippen molar-refractivity contribution in [3.05, 3.63) is 38.4 Å². The van der Waals surface area contributed by atoms with Crippen LogP contribution < -0.4 is 0 Å². The molecule has 0 aliphatic carbocycles. The van der Waals surface area contributed by atoms with E-state index in [1.54, 1.807) is 0 Å². The average molecular weight is 234 g/mol. The number of benzene rings is 1. The second-order valence-electron chi connectivity index (χ2n) is 2.60. The van der Waals surface area contributed by atoms with Crippen LogP contribution in [0.5, 0.6) is 0 Å². The number of rotatable bonds is 2. The molecule has 4 nitrogen and oxygen atoms in total. The zero-order chi connectivity index (χ0) is 10.9. The van der Waals surface area contributed by atoms with Crippen molar-refractivity contribution in [3.8, 4) is 0 Å². The van der Waals surface area contributed by atoms with Gasteiger partial charge in [0.25, 0.3) is 10.9 Å². The average Bonchev–Trinajstić information content (AvgIpc) is 2.02. The molecule has 1 aromatic rings. The Morgan fingerprint density at radius 1 is 1.50 bits per heavy atom. The molecule has 0 heterocycles. The lowest BCUT2D eigenvalue weighted by Crippen LogP contribution is -1.99. The van der Waals surface area contributed by atoms with Crippen molar-refractivity contribution < 1.29 is 9.72 Å². The topological polar surface area (TPSA) is 60.2 Å². The van der Waals surface area contributed by atoms with Gasteiger partial charge in [0.1, 0.15) is 5.02 Å². The van der Waals surface area contributed by atoms with Crippen LogP contribution in [-0.2, 0) is 0 Å². The summed E-state index contributed by atoms with van der Waals surface area (Å²) in [5.74, 6) is 0. The number of nitro groups is 1. The summed E-state index contributed by atoms with van der Waals surface area (Å²) >= 11 is 10.8. The zero-order valence-corrected chi connectivity index (χ0v) is 8.59. The first-order chi connectivity index (χ1) is 6.45. The second kappa shape index (κ2) is 3.94. The molecule has 0 aliphatic rings. The number of halogens is 2. The summed E-state index contributed by atoms with van der Waals surface area (Å²) in [4.78, 5) is 20.8. The van der Waals surface area contributed by atoms with Crippen LogP contribution in [0.15, 0.2) is 12.1 Å². The summed E-state index contributed by atoms with van der Waals surface area (Å²) in [6.07, 6.45) is 0. The maximum absolute atomic E-state index is 10.9. The fourth-order valence-corrected chi connectivity index (χ4v) is 1.58. The van der Waals surface area contributed by atoms with Gasteiger partial charge in [-0.15, -0.1) is 0 Å². The van der Waals surface area contributed by atoms with E-state index in [1.165, 1.54) is 19.1 Å². The third-order valence-corrected chi connectivity index (χ3v) is 2.28. The highest BCUT2D eigenvalue weighted by atomic mass is 35.5. The molecule has 0 unspecified atom stereocenters. The van der Waals surface area contributed by atoms with Crippen LogP contribution >= 0.6 is 23.2 Å². The summed E-state index contributed by atoms with van der Waals surface area (Å²) in [6.45, 7) is 1.43. The largest absolute Gasteiger partial charge is 0.291 e. The van der Waals surface area contributed by atoms with Crippen LogP contribution in [0.4, 0.5) is 5.69 Å². The predicted molar refractivity (Wildman–Crippen MR) is 53.0 cm³/mol. The van der Waals surface area contributed by atoms with E-state index in [1.807, 2.05) is 0 Å². The monoisotopic (exact) mass is 233 g/mol. The standard InChI is InChI=1S/C8H5Cl2NO3/c1-4-5(8(10)12)2-3-6(9)7(4)11(13)14/h2-3H,1H3. The van der Waals surface area contributed by atoms with Crippen molar-refractivity contribution in [3.63, 3.8) is 0 Å². The number of carbonyl (C=O) groups excluding carboxylic acids is 1. The summed E-state index contributed by atoms with van der Waals surface area (Å²) in [5.41, 5.74) is 0.00318. The minimum Gasteiger partial charge on any atom is -0.276 e. The van der Waals surface area contributed by atoms with Crippen LogP contribution in [0, 0.1) is 17.0 Å². The molecule has 1 rings (SSSR count). The Labute approximate surface area is 89.6 Å². The van der Waals surface area contributed by atoms with Gasteiger partial charge in [0.15, 0.2) is 0 Å². The normalized spacial score (nSPS) is 9.93. The van der Waals surface area contributed by atoms with Crippen LogP contribution in [0.3, 0.4) is 0 Å². The number of nitro benzene ring substituents is 1. The lowest BCUT2D eigenvalue weighted by atomic mass is 10.1. The van der Waals surface area contributed by atoms with E-state index in [0.29, 0.717) is 0 Å². The Bertz CT molecular complexity index is 417. The summed E-state index contributed by atoms with van der Waals surface area (Å²) < 4.78 is 0. The van der Waals surface area contributed by atoms with Gasteiger partial charge in [0.05, 0.1) is 4.92 Å². The molecule has 74 valence electrons. The van der Waals surface area contributed by atoms with E-state index in [4.69, 9.17) is 23.2 Å². The Hall–Kier alpha value is -1.13. The molecule has 1 aromatic carbocycles. The van der Waals surface area contributed by atoms with E-state index in [9.17, 15) is 14.9 Å². The van der Waals surface area contributed by atoms with Gasteiger partial charge >= 0.3 is 0 Å². The van der Waals surface area contributed by atoms with Gasteiger partial charge < -0.3 is 0 Å². The van der Waals surface area contributed by atoms with Crippen LogP contribution in [0.25, 0.3) is 0 Å². The third-order valence-electron chi connectivity index (χ3n) is 1.78. The highest BCUT2D eigenvalue weighted by Gasteiger charge is 2.21. The fraction of sp³-hybridized carbons (Fsp3) is 0.125. The minimum absolute atomic E-state index is 0.00540. The molecule has 0 saturated carbocycles. The molecular weight excluding hydrogens is 229 g/mol. The Kier molecular flexibility index (Phi) is 3.08. The van der Waals surface area contributed by atoms with Crippen molar-refractivity contribution in [2.45, 2.75) is 6.92 Å². The number of nitrogens with zero attached hydrogens (tertiary/aromatic N) is 1. The molecule has 0 spiro atoms. The molecule has 0 N–H and O–H groups in total. The lowest BCUT2D eigenvalue weighted by molar-refractivity contribution is -0.385. The van der Waals surface area contributed by atoms with Crippen molar-refractivity contribution >= 4 is 34.1 Å². The Morgan fingerprint density at radius 3 is 2.50 bits per heavy atom. The van der Waals surface area contributed by atoms with Gasteiger partial charge in [-0.1, -0.05) is 11.6 Å². The molecule has 0 atom stereocenters. The van der Waals surface area contributed by atoms with E-state index < -0.39 is 10.2 Å². The molecular formula is C8H5Cl2NO3. The van der Waals surface area contributed by atoms with Crippen LogP contribution in [0.2, 0.25) is 5.02 Å². The molecule has 0 amide bonds. The van der Waals surface area contributed by atoms with Gasteiger partial charge in [-0.2, -0.15) is 0 Å². The van der Waals surface area contributed by atoms with Crippen molar-refractivity contribution in [2.75, 3.05) is 0 Å². The molecule has 6 heteroatoms. The fourth-order valence-electron chi connectivity index (χ4n) is 1.10. The second-order valence-corrected chi connectivity index (χ2v) is 3.35. The molecule has 0 aliphatic heterocycles. The first-order valence-electron chi connectivity index (χ1n) is 3.58. The van der Waals surface area contributed by atoms with Crippen molar-refractivity contribution in [1.29, 1.82) is 0 Å². The van der Waals surface area contributed by atoms with E-state index in [2.05, 4.69) is 0 Å². The first-order valence-corrected chi connectivity index (χ1v) is 4.34. The maximum Gasteiger partial charge on any atom is 0.291 e. The van der Waals surface area contributed by atoms with Gasteiger partial charge in [-0.25, -0.2) is 0 Å². The first kappa shape index (κ1) is 10.9. The number of carbonyl (C=O) groups is 1. The van der Waals surface area contributed by atoms with Gasteiger partial charge in [0, 0.05) is 11.1 Å². The smallest absolute Gasteiger partial charge is 0.276 e. The van der Waals surface area contributed by atoms with Crippen molar-refractivity contribution in [1.82, 2.24) is 0 Å². The van der Waals surface area contributed by atoms with Crippen molar-refractivity contribution in [2.24, 2.45) is 0 Å². The molecule has 0 aromatic heterocycles. The molecule has 0 radical (unpaired) electrons. The quantitative estimate of drug-likeness (QED) is 0.449. The lowest BCUT2D eigenvalue weighted by Gasteiger charge is -2.02. The number of hydrogen-bond donors (Lipinski definition) is 0. The predicted octanol–water partition coefficient (Wildman–Crippen LogP) is 2.94. The van der Waals surface area contributed by atoms with Gasteiger partial charge in [0.2, 0.25) is 0 Å². The van der Waals surface area contributed by atoms with E-state index in [-0.39, 0.29) is 21.8 Å². The molecule has 0 saturated heterocycles.